The number of pyridine rings is 1. The normalized spacial score (nSPS) is 17.2. The van der Waals surface area contributed by atoms with Crippen LogP contribution in [-0.2, 0) is 6.42 Å². The molecule has 1 aromatic carbocycles. The van der Waals surface area contributed by atoms with Crippen molar-refractivity contribution in [2.45, 2.75) is 132 Å². The predicted octanol–water partition coefficient (Wildman–Crippen LogP) is 9.40. The van der Waals surface area contributed by atoms with Crippen LogP contribution in [0.4, 0.5) is 0 Å². The molecule has 1 aliphatic rings. The van der Waals surface area contributed by atoms with Crippen LogP contribution in [0.25, 0.3) is 0 Å². The van der Waals surface area contributed by atoms with Crippen LogP contribution >= 0.6 is 0 Å². The molecule has 1 aromatic heterocycles. The Hall–Kier alpha value is -3.16. The molecular weight excluding hydrogens is 544 g/mol. The Labute approximate surface area is 258 Å². The van der Waals surface area contributed by atoms with E-state index in [4.69, 9.17) is 24.8 Å². The van der Waals surface area contributed by atoms with Crippen molar-refractivity contribution in [3.05, 3.63) is 62.5 Å². The largest absolute Gasteiger partial charge is 0.487 e. The van der Waals surface area contributed by atoms with Gasteiger partial charge in [-0.3, -0.25) is 4.98 Å². The molecule has 0 fully saturated rings. The maximum atomic E-state index is 12.7. The first kappa shape index (κ1) is 36.0. The van der Waals surface area contributed by atoms with Gasteiger partial charge in [-0.15, -0.1) is 10.1 Å². The average molecular weight is 599 g/mol. The third kappa shape index (κ3) is 11.8. The minimum Gasteiger partial charge on any atom is -0.487 e. The van der Waals surface area contributed by atoms with E-state index in [-0.39, 0.29) is 11.6 Å². The number of esters is 1. The van der Waals surface area contributed by atoms with E-state index in [1.165, 1.54) is 56.9 Å². The standard InChI is InChI=1S/C35H53NO3.HNO3/c1-24(2)13-9-14-25(3)15-10-16-26(4)17-11-20-35(8)21-19-31-29(7)32(27(5)28(6)33(31)39-35)38-34(37)30-18-12-22-36-23-30;2-1(3)4/h12,18,22-26H,9-11,13-17,19-21H2,1-8H3;(H,2,3,4). The van der Waals surface area contributed by atoms with E-state index >= 15 is 0 Å². The molecule has 0 aliphatic carbocycles. The van der Waals surface area contributed by atoms with Gasteiger partial charge in [-0.1, -0.05) is 72.6 Å². The summed E-state index contributed by atoms with van der Waals surface area (Å²) in [6, 6.07) is 3.48. The molecule has 8 heteroatoms. The molecule has 3 unspecified atom stereocenters. The number of aromatic nitrogens is 1. The molecular formula is C35H54N2O6. The van der Waals surface area contributed by atoms with Crippen molar-refractivity contribution < 1.29 is 24.6 Å². The number of hydrogen-bond acceptors (Lipinski definition) is 6. The second-order valence-electron chi connectivity index (χ2n) is 13.3. The van der Waals surface area contributed by atoms with E-state index in [1.54, 1.807) is 24.5 Å². The first-order valence-electron chi connectivity index (χ1n) is 16.0. The van der Waals surface area contributed by atoms with Crippen molar-refractivity contribution in [1.82, 2.24) is 4.98 Å². The minimum absolute atomic E-state index is 0.144. The van der Waals surface area contributed by atoms with E-state index in [2.05, 4.69) is 53.5 Å². The van der Waals surface area contributed by atoms with E-state index in [0.29, 0.717) is 11.3 Å². The number of fused-ring (bicyclic) bond motifs is 1. The summed E-state index contributed by atoms with van der Waals surface area (Å²) >= 11 is 0. The second-order valence-corrected chi connectivity index (χ2v) is 13.3. The molecule has 0 bridgehead atoms. The van der Waals surface area contributed by atoms with E-state index in [9.17, 15) is 4.79 Å². The first-order valence-corrected chi connectivity index (χ1v) is 16.0. The van der Waals surface area contributed by atoms with E-state index in [1.807, 2.05) is 6.92 Å². The van der Waals surface area contributed by atoms with Gasteiger partial charge in [-0.05, 0) is 100.0 Å². The fourth-order valence-corrected chi connectivity index (χ4v) is 6.05. The molecule has 0 saturated heterocycles. The highest BCUT2D eigenvalue weighted by Crippen LogP contribution is 2.45. The van der Waals surface area contributed by atoms with Crippen LogP contribution in [0.5, 0.6) is 11.5 Å². The summed E-state index contributed by atoms with van der Waals surface area (Å²) in [5, 5.41) is 13.6. The SMILES string of the molecule is Cc1c(C)c2c(c(C)c1OC(=O)c1cccnc1)CCC(C)(CCCC(C)CCCC(C)CCCC(C)C)O2.O=[N+]([O-])O. The molecule has 1 N–H and O–H groups in total. The number of ether oxygens (including phenoxy) is 2. The van der Waals surface area contributed by atoms with Gasteiger partial charge in [0.1, 0.15) is 17.1 Å². The van der Waals surface area contributed by atoms with Gasteiger partial charge in [-0.25, -0.2) is 4.79 Å². The van der Waals surface area contributed by atoms with Crippen molar-refractivity contribution in [2.24, 2.45) is 17.8 Å². The molecule has 3 atom stereocenters. The Morgan fingerprint density at radius 3 is 2.16 bits per heavy atom. The fourth-order valence-electron chi connectivity index (χ4n) is 6.05. The van der Waals surface area contributed by atoms with Gasteiger partial charge in [0, 0.05) is 18.0 Å². The summed E-state index contributed by atoms with van der Waals surface area (Å²) in [4.78, 5) is 25.2. The zero-order valence-electron chi connectivity index (χ0n) is 27.7. The number of carbonyl (C=O) groups excluding carboxylic acids is 1. The zero-order chi connectivity index (χ0) is 32.2. The van der Waals surface area contributed by atoms with Gasteiger partial charge >= 0.3 is 5.97 Å². The maximum absolute atomic E-state index is 12.7. The number of hydrogen-bond donors (Lipinski definition) is 1. The highest BCUT2D eigenvalue weighted by molar-refractivity contribution is 5.91. The molecule has 240 valence electrons. The second kappa shape index (κ2) is 17.2. The lowest BCUT2D eigenvalue weighted by atomic mass is 9.83. The third-order valence-corrected chi connectivity index (χ3v) is 8.93. The Morgan fingerprint density at radius 1 is 1.02 bits per heavy atom. The van der Waals surface area contributed by atoms with Crippen molar-refractivity contribution in [1.29, 1.82) is 0 Å². The fraction of sp³-hybridized carbons (Fsp3) is 0.657. The third-order valence-electron chi connectivity index (χ3n) is 8.93. The van der Waals surface area contributed by atoms with Crippen LogP contribution in [0.1, 0.15) is 131 Å². The minimum atomic E-state index is -1.50. The lowest BCUT2D eigenvalue weighted by Crippen LogP contribution is -2.37. The summed E-state index contributed by atoms with van der Waals surface area (Å²) < 4.78 is 12.6. The van der Waals surface area contributed by atoms with Crippen molar-refractivity contribution in [3.63, 3.8) is 0 Å². The molecule has 0 radical (unpaired) electrons. The highest BCUT2D eigenvalue weighted by atomic mass is 16.9. The van der Waals surface area contributed by atoms with Crippen LogP contribution < -0.4 is 9.47 Å². The molecule has 3 rings (SSSR count). The Balaban J connectivity index is 0.00000151. The van der Waals surface area contributed by atoms with E-state index < -0.39 is 5.09 Å². The number of carbonyl (C=O) groups is 1. The summed E-state index contributed by atoms with van der Waals surface area (Å²) in [6.07, 6.45) is 16.9. The number of nitrogens with zero attached hydrogens (tertiary/aromatic N) is 2. The van der Waals surface area contributed by atoms with Gasteiger partial charge in [0.05, 0.1) is 5.56 Å². The van der Waals surface area contributed by atoms with Crippen molar-refractivity contribution in [2.75, 3.05) is 0 Å². The zero-order valence-corrected chi connectivity index (χ0v) is 27.7. The van der Waals surface area contributed by atoms with Crippen LogP contribution in [0, 0.1) is 48.6 Å². The molecule has 0 amide bonds. The molecule has 43 heavy (non-hydrogen) atoms. The molecule has 1 aliphatic heterocycles. The van der Waals surface area contributed by atoms with Gasteiger partial charge in [-0.2, -0.15) is 0 Å². The molecule has 2 heterocycles. The average Bonchev–Trinajstić information content (AvgIpc) is 2.94. The molecule has 0 saturated carbocycles. The van der Waals surface area contributed by atoms with Crippen LogP contribution in [-0.4, -0.2) is 26.8 Å². The Bertz CT molecular complexity index is 1180. The number of benzene rings is 1. The molecule has 8 nitrogen and oxygen atoms in total. The first-order chi connectivity index (χ1) is 20.2. The van der Waals surface area contributed by atoms with Crippen LogP contribution in [0.3, 0.4) is 0 Å². The van der Waals surface area contributed by atoms with Crippen LogP contribution in [0.2, 0.25) is 0 Å². The van der Waals surface area contributed by atoms with Crippen molar-refractivity contribution >= 4 is 5.97 Å². The molecule has 0 spiro atoms. The van der Waals surface area contributed by atoms with Gasteiger partial charge in [0.15, 0.2) is 0 Å². The van der Waals surface area contributed by atoms with Crippen molar-refractivity contribution in [3.8, 4) is 11.5 Å². The molecule has 2 aromatic rings. The predicted molar refractivity (Wildman–Crippen MR) is 171 cm³/mol. The summed E-state index contributed by atoms with van der Waals surface area (Å²) in [5.41, 5.74) is 4.56. The lowest BCUT2D eigenvalue weighted by Gasteiger charge is -2.38. The quantitative estimate of drug-likeness (QED) is 0.0997. The van der Waals surface area contributed by atoms with Gasteiger partial charge in [0.25, 0.3) is 5.09 Å². The van der Waals surface area contributed by atoms with Crippen LogP contribution in [0.15, 0.2) is 24.5 Å². The maximum Gasteiger partial charge on any atom is 0.345 e. The Kier molecular flexibility index (Phi) is 14.4. The topological polar surface area (TPSA) is 112 Å². The monoisotopic (exact) mass is 598 g/mol. The summed E-state index contributed by atoms with van der Waals surface area (Å²) in [7, 11) is 0. The lowest BCUT2D eigenvalue weighted by molar-refractivity contribution is -0.742. The highest BCUT2D eigenvalue weighted by Gasteiger charge is 2.35. The Morgan fingerprint density at radius 2 is 1.60 bits per heavy atom. The van der Waals surface area contributed by atoms with Gasteiger partial charge in [0.2, 0.25) is 0 Å². The number of rotatable bonds is 14. The summed E-state index contributed by atoms with van der Waals surface area (Å²) in [5.74, 6) is 3.76. The smallest absolute Gasteiger partial charge is 0.345 e. The van der Waals surface area contributed by atoms with Gasteiger partial charge < -0.3 is 14.7 Å². The van der Waals surface area contributed by atoms with E-state index in [0.717, 1.165) is 59.5 Å². The summed E-state index contributed by atoms with van der Waals surface area (Å²) in [6.45, 7) is 18.0.